The largest absolute Gasteiger partial charge is 0.481 e. The number of rotatable bonds is 7. The third-order valence-electron chi connectivity index (χ3n) is 4.60. The summed E-state index contributed by atoms with van der Waals surface area (Å²) in [6.45, 7) is 5.42. The lowest BCUT2D eigenvalue weighted by Gasteiger charge is -2.31. The van der Waals surface area contributed by atoms with Crippen molar-refractivity contribution in [2.24, 2.45) is 5.92 Å². The van der Waals surface area contributed by atoms with Crippen molar-refractivity contribution < 1.29 is 9.47 Å². The van der Waals surface area contributed by atoms with Crippen LogP contribution in [0.3, 0.4) is 0 Å². The molecular weight excluding hydrogens is 304 g/mol. The Labute approximate surface area is 143 Å². The molecule has 6 nitrogen and oxygen atoms in total. The zero-order chi connectivity index (χ0) is 16.8. The van der Waals surface area contributed by atoms with Crippen molar-refractivity contribution in [1.82, 2.24) is 19.9 Å². The van der Waals surface area contributed by atoms with Crippen molar-refractivity contribution in [3.05, 3.63) is 42.1 Å². The molecule has 1 saturated heterocycles. The zero-order valence-corrected chi connectivity index (χ0v) is 14.4. The number of aromatic nitrogens is 3. The quantitative estimate of drug-likeness (QED) is 0.845. The Morgan fingerprint density at radius 3 is 2.96 bits per heavy atom. The normalized spacial score (nSPS) is 16.9. The van der Waals surface area contributed by atoms with Crippen LogP contribution in [0.5, 0.6) is 5.88 Å². The van der Waals surface area contributed by atoms with E-state index in [0.717, 1.165) is 44.1 Å². The monoisotopic (exact) mass is 330 g/mol. The molecule has 24 heavy (non-hydrogen) atoms. The first kappa shape index (κ1) is 16.9. The standard InChI is InChI=1S/C18H26N4O2/c1-3-22-10-9-19-18(22)17(14-7-11-24-12-8-14)20-13-15-5-4-6-16(21-15)23-2/h4-6,9-10,14,17,20H,3,7-8,11-13H2,1-2H3/t17-/m1/s1. The summed E-state index contributed by atoms with van der Waals surface area (Å²) >= 11 is 0. The molecule has 1 aliphatic heterocycles. The van der Waals surface area contributed by atoms with Crippen LogP contribution in [0.4, 0.5) is 0 Å². The average molecular weight is 330 g/mol. The number of hydrogen-bond acceptors (Lipinski definition) is 5. The highest BCUT2D eigenvalue weighted by molar-refractivity contribution is 5.16. The Morgan fingerprint density at radius 2 is 2.21 bits per heavy atom. The lowest BCUT2D eigenvalue weighted by molar-refractivity contribution is 0.0516. The Morgan fingerprint density at radius 1 is 1.38 bits per heavy atom. The van der Waals surface area contributed by atoms with Crippen LogP contribution >= 0.6 is 0 Å². The molecule has 1 atom stereocenters. The summed E-state index contributed by atoms with van der Waals surface area (Å²) in [6, 6.07) is 6.06. The number of methoxy groups -OCH3 is 1. The van der Waals surface area contributed by atoms with E-state index in [1.807, 2.05) is 30.6 Å². The van der Waals surface area contributed by atoms with Crippen LogP contribution < -0.4 is 10.1 Å². The number of hydrogen-bond donors (Lipinski definition) is 1. The number of aryl methyl sites for hydroxylation is 1. The molecule has 0 saturated carbocycles. The van der Waals surface area contributed by atoms with E-state index < -0.39 is 0 Å². The summed E-state index contributed by atoms with van der Waals surface area (Å²) in [5.41, 5.74) is 0.973. The third-order valence-corrected chi connectivity index (χ3v) is 4.60. The highest BCUT2D eigenvalue weighted by Crippen LogP contribution is 2.29. The van der Waals surface area contributed by atoms with Crippen molar-refractivity contribution in [1.29, 1.82) is 0 Å². The number of nitrogens with one attached hydrogen (secondary N) is 1. The van der Waals surface area contributed by atoms with E-state index in [9.17, 15) is 0 Å². The molecule has 0 unspecified atom stereocenters. The molecule has 0 aromatic carbocycles. The van der Waals surface area contributed by atoms with Gasteiger partial charge in [-0.2, -0.15) is 0 Å². The lowest BCUT2D eigenvalue weighted by Crippen LogP contribution is -2.34. The van der Waals surface area contributed by atoms with Gasteiger partial charge in [0.2, 0.25) is 5.88 Å². The minimum Gasteiger partial charge on any atom is -0.481 e. The summed E-state index contributed by atoms with van der Waals surface area (Å²) in [7, 11) is 1.64. The van der Waals surface area contributed by atoms with E-state index in [-0.39, 0.29) is 6.04 Å². The SMILES string of the molecule is CCn1ccnc1[C@H](NCc1cccc(OC)n1)C1CCOCC1. The summed E-state index contributed by atoms with van der Waals surface area (Å²) in [6.07, 6.45) is 6.04. The fraction of sp³-hybridized carbons (Fsp3) is 0.556. The zero-order valence-electron chi connectivity index (χ0n) is 14.4. The maximum Gasteiger partial charge on any atom is 0.213 e. The molecule has 1 N–H and O–H groups in total. The molecule has 1 aliphatic rings. The predicted molar refractivity (Wildman–Crippen MR) is 91.8 cm³/mol. The number of nitrogens with zero attached hydrogens (tertiary/aromatic N) is 3. The molecule has 2 aromatic heterocycles. The number of pyridine rings is 1. The van der Waals surface area contributed by atoms with Crippen LogP contribution in [-0.4, -0.2) is 34.9 Å². The van der Waals surface area contributed by atoms with Crippen molar-refractivity contribution >= 4 is 0 Å². The van der Waals surface area contributed by atoms with E-state index in [1.54, 1.807) is 7.11 Å². The van der Waals surface area contributed by atoms with Gasteiger partial charge < -0.3 is 19.4 Å². The highest BCUT2D eigenvalue weighted by Gasteiger charge is 2.28. The molecule has 1 fully saturated rings. The van der Waals surface area contributed by atoms with Gasteiger partial charge in [0.1, 0.15) is 5.82 Å². The molecule has 0 radical (unpaired) electrons. The molecule has 3 heterocycles. The van der Waals surface area contributed by atoms with Gasteiger partial charge in [0, 0.05) is 44.8 Å². The molecular formula is C18H26N4O2. The van der Waals surface area contributed by atoms with Gasteiger partial charge in [0.25, 0.3) is 0 Å². The molecule has 0 bridgehead atoms. The van der Waals surface area contributed by atoms with Crippen LogP contribution in [0.2, 0.25) is 0 Å². The maximum absolute atomic E-state index is 5.53. The van der Waals surface area contributed by atoms with Gasteiger partial charge in [-0.15, -0.1) is 0 Å². The van der Waals surface area contributed by atoms with E-state index >= 15 is 0 Å². The second-order valence-electron chi connectivity index (χ2n) is 6.05. The third kappa shape index (κ3) is 3.94. The average Bonchev–Trinajstić information content (AvgIpc) is 3.11. The van der Waals surface area contributed by atoms with E-state index in [4.69, 9.17) is 9.47 Å². The minimum atomic E-state index is 0.205. The second kappa shape index (κ2) is 8.26. The molecule has 6 heteroatoms. The van der Waals surface area contributed by atoms with E-state index in [2.05, 4.69) is 26.8 Å². The minimum absolute atomic E-state index is 0.205. The fourth-order valence-electron chi connectivity index (χ4n) is 3.27. The van der Waals surface area contributed by atoms with Crippen molar-refractivity contribution in [2.45, 2.75) is 38.9 Å². The Bertz CT molecular complexity index is 637. The fourth-order valence-corrected chi connectivity index (χ4v) is 3.27. The van der Waals surface area contributed by atoms with Crippen LogP contribution in [0.15, 0.2) is 30.6 Å². The van der Waals surface area contributed by atoms with Crippen LogP contribution in [0.25, 0.3) is 0 Å². The summed E-state index contributed by atoms with van der Waals surface area (Å²) in [5.74, 6) is 2.27. The van der Waals surface area contributed by atoms with Gasteiger partial charge in [-0.05, 0) is 31.7 Å². The summed E-state index contributed by atoms with van der Waals surface area (Å²) < 4.78 is 13.0. The highest BCUT2D eigenvalue weighted by atomic mass is 16.5. The van der Waals surface area contributed by atoms with Crippen molar-refractivity contribution in [3.63, 3.8) is 0 Å². The van der Waals surface area contributed by atoms with Gasteiger partial charge in [-0.3, -0.25) is 0 Å². The van der Waals surface area contributed by atoms with Gasteiger partial charge in [0.05, 0.1) is 18.8 Å². The maximum atomic E-state index is 5.53. The Hall–Kier alpha value is -1.92. The van der Waals surface area contributed by atoms with Crippen LogP contribution in [0.1, 0.15) is 37.3 Å². The molecule has 2 aromatic rings. The number of imidazole rings is 1. The summed E-state index contributed by atoms with van der Waals surface area (Å²) in [4.78, 5) is 9.12. The summed E-state index contributed by atoms with van der Waals surface area (Å²) in [5, 5.41) is 3.68. The first-order valence-electron chi connectivity index (χ1n) is 8.64. The van der Waals surface area contributed by atoms with Crippen LogP contribution in [0, 0.1) is 5.92 Å². The van der Waals surface area contributed by atoms with Crippen LogP contribution in [-0.2, 0) is 17.8 Å². The van der Waals surface area contributed by atoms with E-state index in [1.165, 1.54) is 0 Å². The van der Waals surface area contributed by atoms with Gasteiger partial charge in [-0.25, -0.2) is 9.97 Å². The topological polar surface area (TPSA) is 61.2 Å². The smallest absolute Gasteiger partial charge is 0.213 e. The Balaban J connectivity index is 1.76. The molecule has 0 aliphatic carbocycles. The molecule has 0 amide bonds. The lowest BCUT2D eigenvalue weighted by atomic mass is 9.91. The van der Waals surface area contributed by atoms with E-state index in [0.29, 0.717) is 18.3 Å². The molecule has 130 valence electrons. The van der Waals surface area contributed by atoms with Gasteiger partial charge >= 0.3 is 0 Å². The van der Waals surface area contributed by atoms with Crippen molar-refractivity contribution in [2.75, 3.05) is 20.3 Å². The predicted octanol–water partition coefficient (Wildman–Crippen LogP) is 2.56. The van der Waals surface area contributed by atoms with Crippen molar-refractivity contribution in [3.8, 4) is 5.88 Å². The van der Waals surface area contributed by atoms with Gasteiger partial charge in [0.15, 0.2) is 0 Å². The second-order valence-corrected chi connectivity index (χ2v) is 6.05. The Kier molecular flexibility index (Phi) is 5.82. The molecule has 3 rings (SSSR count). The first-order chi connectivity index (χ1) is 11.8. The first-order valence-corrected chi connectivity index (χ1v) is 8.64. The molecule has 0 spiro atoms. The van der Waals surface area contributed by atoms with Gasteiger partial charge in [-0.1, -0.05) is 6.07 Å². The number of ether oxygens (including phenoxy) is 2.